The van der Waals surface area contributed by atoms with Gasteiger partial charge >= 0.3 is 0 Å². The first-order valence-corrected chi connectivity index (χ1v) is 13.5. The van der Waals surface area contributed by atoms with E-state index in [1.165, 1.54) is 36.7 Å². The lowest BCUT2D eigenvalue weighted by molar-refractivity contribution is -0.119. The van der Waals surface area contributed by atoms with E-state index in [1.54, 1.807) is 0 Å². The molecule has 0 atom stereocenters. The molecule has 1 saturated heterocycles. The molecule has 186 valence electrons. The lowest BCUT2D eigenvalue weighted by atomic mass is 9.79. The summed E-state index contributed by atoms with van der Waals surface area (Å²) in [5.41, 5.74) is 2.12. The van der Waals surface area contributed by atoms with Gasteiger partial charge in [0.2, 0.25) is 11.8 Å². The molecule has 2 aliphatic rings. The van der Waals surface area contributed by atoms with Gasteiger partial charge in [0, 0.05) is 49.5 Å². The number of nitrogens with one attached hydrogen (secondary N) is 1. The topological polar surface area (TPSA) is 83.7 Å². The zero-order valence-electron chi connectivity index (χ0n) is 20.4. The lowest BCUT2D eigenvalue weighted by Crippen LogP contribution is -2.59. The highest BCUT2D eigenvalue weighted by Gasteiger charge is 2.38. The van der Waals surface area contributed by atoms with Crippen LogP contribution in [0.4, 0.5) is 5.69 Å². The van der Waals surface area contributed by atoms with E-state index in [-0.39, 0.29) is 17.2 Å². The number of benzene rings is 1. The van der Waals surface area contributed by atoms with Crippen molar-refractivity contribution in [2.24, 2.45) is 0 Å². The summed E-state index contributed by atoms with van der Waals surface area (Å²) in [7, 11) is 0. The van der Waals surface area contributed by atoms with E-state index in [1.807, 2.05) is 12.1 Å². The third kappa shape index (κ3) is 6.12. The molecule has 1 aromatic carbocycles. The predicted molar refractivity (Wildman–Crippen MR) is 135 cm³/mol. The number of amides is 1. The molecule has 1 aliphatic heterocycles. The number of hydrogen-bond acceptors (Lipinski definition) is 8. The van der Waals surface area contributed by atoms with E-state index in [9.17, 15) is 4.79 Å². The van der Waals surface area contributed by atoms with Crippen molar-refractivity contribution in [1.29, 1.82) is 0 Å². The van der Waals surface area contributed by atoms with Gasteiger partial charge in [-0.2, -0.15) is 0 Å². The number of thioether (sulfide) groups is 1. The first kappa shape index (κ1) is 25.0. The molecular formula is C25H37N5O3S. The number of aromatic nitrogens is 2. The summed E-state index contributed by atoms with van der Waals surface area (Å²) in [4.78, 5) is 17.5. The van der Waals surface area contributed by atoms with Gasteiger partial charge in [-0.05, 0) is 51.0 Å². The number of nitrogens with zero attached hydrogens (tertiary/aromatic N) is 4. The van der Waals surface area contributed by atoms with Crippen LogP contribution in [-0.4, -0.2) is 78.2 Å². The smallest absolute Gasteiger partial charge is 0.277 e. The molecule has 34 heavy (non-hydrogen) atoms. The maximum atomic E-state index is 12.6. The van der Waals surface area contributed by atoms with Crippen molar-refractivity contribution in [3.63, 3.8) is 0 Å². The van der Waals surface area contributed by atoms with Gasteiger partial charge in [0.25, 0.3) is 5.22 Å². The molecule has 0 radical (unpaired) electrons. The molecule has 0 spiro atoms. The fourth-order valence-corrected chi connectivity index (χ4v) is 5.68. The highest BCUT2D eigenvalue weighted by atomic mass is 32.2. The predicted octanol–water partition coefficient (Wildman–Crippen LogP) is 3.83. The highest BCUT2D eigenvalue weighted by molar-refractivity contribution is 7.99. The molecule has 1 saturated carbocycles. The van der Waals surface area contributed by atoms with Gasteiger partial charge < -0.3 is 19.4 Å². The van der Waals surface area contributed by atoms with E-state index in [4.69, 9.17) is 9.15 Å². The molecular weight excluding hydrogens is 450 g/mol. The van der Waals surface area contributed by atoms with Crippen LogP contribution in [0.5, 0.6) is 0 Å². The van der Waals surface area contributed by atoms with Crippen LogP contribution < -0.4 is 10.2 Å². The van der Waals surface area contributed by atoms with Gasteiger partial charge in [-0.25, -0.2) is 0 Å². The number of carbonyl (C=O) groups excluding carboxylic acids is 1. The number of hydrogen-bond donors (Lipinski definition) is 1. The maximum Gasteiger partial charge on any atom is 0.277 e. The first-order valence-electron chi connectivity index (χ1n) is 12.5. The second-order valence-corrected chi connectivity index (χ2v) is 9.97. The molecule has 1 N–H and O–H groups in total. The quantitative estimate of drug-likeness (QED) is 0.507. The minimum absolute atomic E-state index is 0.00605. The summed E-state index contributed by atoms with van der Waals surface area (Å²) in [5, 5.41) is 11.9. The van der Waals surface area contributed by atoms with Gasteiger partial charge in [0.15, 0.2) is 0 Å². The molecule has 9 heteroatoms. The van der Waals surface area contributed by atoms with Crippen molar-refractivity contribution in [3.05, 3.63) is 24.3 Å². The summed E-state index contributed by atoms with van der Waals surface area (Å²) in [6.07, 6.45) is 6.01. The number of carbonyl (C=O) groups is 1. The molecule has 2 aromatic rings. The van der Waals surface area contributed by atoms with Crippen LogP contribution in [0.3, 0.4) is 0 Å². The summed E-state index contributed by atoms with van der Waals surface area (Å²) in [6, 6.07) is 8.14. The SMILES string of the molecule is CCN(CC)c1ccc(-c2nnc(SCC(=O)NCC3(N4CCOCC4)CCCCC3)o2)cc1. The average molecular weight is 488 g/mol. The third-order valence-corrected chi connectivity index (χ3v) is 7.88. The molecule has 4 rings (SSSR count). The Bertz CT molecular complexity index is 904. The molecule has 1 aliphatic carbocycles. The fourth-order valence-electron chi connectivity index (χ4n) is 5.08. The zero-order chi connectivity index (χ0) is 23.8. The van der Waals surface area contributed by atoms with Crippen molar-refractivity contribution in [2.75, 3.05) is 56.6 Å². The largest absolute Gasteiger partial charge is 0.411 e. The minimum atomic E-state index is 0.00605. The van der Waals surface area contributed by atoms with E-state index in [0.717, 1.165) is 57.8 Å². The molecule has 2 fully saturated rings. The maximum absolute atomic E-state index is 12.6. The van der Waals surface area contributed by atoms with Gasteiger partial charge in [-0.3, -0.25) is 9.69 Å². The average Bonchev–Trinajstić information content (AvgIpc) is 3.38. The van der Waals surface area contributed by atoms with Crippen LogP contribution in [0, 0.1) is 0 Å². The number of anilines is 1. The van der Waals surface area contributed by atoms with Crippen LogP contribution in [0.2, 0.25) is 0 Å². The Morgan fingerprint density at radius 2 is 1.79 bits per heavy atom. The number of ether oxygens (including phenoxy) is 1. The Labute approximate surface area is 206 Å². The molecule has 0 unspecified atom stereocenters. The normalized spacial score (nSPS) is 18.5. The summed E-state index contributed by atoms with van der Waals surface area (Å²) < 4.78 is 11.4. The van der Waals surface area contributed by atoms with Gasteiger partial charge in [0.05, 0.1) is 19.0 Å². The molecule has 1 aromatic heterocycles. The Hall–Kier alpha value is -2.10. The zero-order valence-corrected chi connectivity index (χ0v) is 21.2. The van der Waals surface area contributed by atoms with Crippen LogP contribution >= 0.6 is 11.8 Å². The Balaban J connectivity index is 1.29. The second kappa shape index (κ2) is 12.0. The monoisotopic (exact) mass is 487 g/mol. The first-order chi connectivity index (χ1) is 16.6. The molecule has 8 nitrogen and oxygen atoms in total. The summed E-state index contributed by atoms with van der Waals surface area (Å²) >= 11 is 1.29. The molecule has 1 amide bonds. The number of rotatable bonds is 10. The van der Waals surface area contributed by atoms with Gasteiger partial charge in [-0.15, -0.1) is 10.2 Å². The van der Waals surface area contributed by atoms with E-state index in [2.05, 4.69) is 51.3 Å². The summed E-state index contributed by atoms with van der Waals surface area (Å²) in [6.45, 7) is 10.4. The van der Waals surface area contributed by atoms with Gasteiger partial charge in [0.1, 0.15) is 0 Å². The Kier molecular flexibility index (Phi) is 8.86. The Morgan fingerprint density at radius 1 is 1.09 bits per heavy atom. The van der Waals surface area contributed by atoms with Crippen molar-refractivity contribution < 1.29 is 13.9 Å². The Morgan fingerprint density at radius 3 is 2.47 bits per heavy atom. The second-order valence-electron chi connectivity index (χ2n) is 9.04. The van der Waals surface area contributed by atoms with Gasteiger partial charge in [-0.1, -0.05) is 31.0 Å². The highest BCUT2D eigenvalue weighted by Crippen LogP contribution is 2.34. The molecule has 2 heterocycles. The summed E-state index contributed by atoms with van der Waals surface area (Å²) in [5.74, 6) is 0.746. The third-order valence-electron chi connectivity index (χ3n) is 7.06. The van der Waals surface area contributed by atoms with E-state index < -0.39 is 0 Å². The van der Waals surface area contributed by atoms with Crippen molar-refractivity contribution in [3.8, 4) is 11.5 Å². The standard InChI is InChI=1S/C25H37N5O3S/c1-3-29(4-2)21-10-8-20(9-11-21)23-27-28-24(33-23)34-18-22(31)26-19-25(12-6-5-7-13-25)30-14-16-32-17-15-30/h8-11H,3-7,12-19H2,1-2H3,(H,26,31). The molecule has 0 bridgehead atoms. The minimum Gasteiger partial charge on any atom is -0.411 e. The fraction of sp³-hybridized carbons (Fsp3) is 0.640. The van der Waals surface area contributed by atoms with Crippen molar-refractivity contribution >= 4 is 23.4 Å². The van der Waals surface area contributed by atoms with Crippen LogP contribution in [0.15, 0.2) is 33.9 Å². The van der Waals surface area contributed by atoms with Crippen LogP contribution in [0.1, 0.15) is 46.0 Å². The van der Waals surface area contributed by atoms with E-state index >= 15 is 0 Å². The number of morpholine rings is 1. The lowest BCUT2D eigenvalue weighted by Gasteiger charge is -2.48. The van der Waals surface area contributed by atoms with Crippen molar-refractivity contribution in [2.45, 2.75) is 56.7 Å². The van der Waals surface area contributed by atoms with Crippen molar-refractivity contribution in [1.82, 2.24) is 20.4 Å². The van der Waals surface area contributed by atoms with Crippen LogP contribution in [-0.2, 0) is 9.53 Å². The van der Waals surface area contributed by atoms with E-state index in [0.29, 0.717) is 17.7 Å². The van der Waals surface area contributed by atoms with Crippen LogP contribution in [0.25, 0.3) is 11.5 Å².